The molecule has 1 aromatic heterocycles. The number of carbonyl (C=O) groups is 4. The van der Waals surface area contributed by atoms with Gasteiger partial charge in [0.2, 0.25) is 17.7 Å². The molecule has 1 aliphatic carbocycles. The Morgan fingerprint density at radius 1 is 0.721 bits per heavy atom. The molecular formula is C48H70N8O11S. The van der Waals surface area contributed by atoms with Gasteiger partial charge in [-0.05, 0) is 68.0 Å². The predicted molar refractivity (Wildman–Crippen MR) is 259 cm³/mol. The van der Waals surface area contributed by atoms with E-state index in [9.17, 15) is 19.2 Å². The topological polar surface area (TPSA) is 234 Å². The smallest absolute Gasteiger partial charge is 0.315 e. The van der Waals surface area contributed by atoms with Crippen LogP contribution in [-0.2, 0) is 44.5 Å². The minimum absolute atomic E-state index is 0.0624. The zero-order chi connectivity index (χ0) is 47.8. The number of aromatic nitrogens is 2. The summed E-state index contributed by atoms with van der Waals surface area (Å²) in [6, 6.07) is 12.6. The van der Waals surface area contributed by atoms with E-state index in [0.717, 1.165) is 65.3 Å². The molecule has 0 radical (unpaired) electrons. The van der Waals surface area contributed by atoms with Crippen molar-refractivity contribution in [2.45, 2.75) is 82.0 Å². The number of rotatable bonds is 35. The Morgan fingerprint density at radius 3 is 2.06 bits per heavy atom. The monoisotopic (exact) mass is 966 g/mol. The summed E-state index contributed by atoms with van der Waals surface area (Å²) < 4.78 is 39.6. The largest absolute Gasteiger partial charge is 0.493 e. The van der Waals surface area contributed by atoms with Gasteiger partial charge < -0.3 is 65.1 Å². The molecule has 7 N–H and O–H groups in total. The van der Waals surface area contributed by atoms with Crippen molar-refractivity contribution < 1.29 is 52.3 Å². The van der Waals surface area contributed by atoms with E-state index in [0.29, 0.717) is 128 Å². The molecule has 19 nitrogen and oxygen atoms in total. The number of amides is 5. The molecule has 5 amide bonds. The fraction of sp³-hybridized carbons (Fsp3) is 0.604. The molecule has 3 atom stereocenters. The molecule has 20 heteroatoms. The number of carbonyl (C=O) groups excluding carboxylic acids is 4. The number of benzene rings is 2. The van der Waals surface area contributed by atoms with Gasteiger partial charge in [-0.1, -0.05) is 18.6 Å². The maximum Gasteiger partial charge on any atom is 0.315 e. The molecule has 3 aliphatic rings. The Hall–Kier alpha value is -5.12. The number of hydrogen-bond acceptors (Lipinski definition) is 14. The molecule has 0 saturated carbocycles. The lowest BCUT2D eigenvalue weighted by atomic mass is 10.0. The van der Waals surface area contributed by atoms with Gasteiger partial charge in [0.15, 0.2) is 17.3 Å². The van der Waals surface area contributed by atoms with Crippen LogP contribution in [0.5, 0.6) is 11.5 Å². The molecular weight excluding hydrogens is 897 g/mol. The van der Waals surface area contributed by atoms with Crippen molar-refractivity contribution in [3.8, 4) is 22.8 Å². The third-order valence-electron chi connectivity index (χ3n) is 11.6. The van der Waals surface area contributed by atoms with Crippen LogP contribution < -0.4 is 41.4 Å². The summed E-state index contributed by atoms with van der Waals surface area (Å²) in [5.41, 5.74) is 6.41. The first kappa shape index (κ1) is 52.3. The molecule has 0 spiro atoms. The molecule has 3 aromatic rings. The molecule has 0 unspecified atom stereocenters. The minimum atomic E-state index is -0.211. The van der Waals surface area contributed by atoms with Gasteiger partial charge in [0, 0.05) is 86.3 Å². The van der Waals surface area contributed by atoms with Gasteiger partial charge in [0.1, 0.15) is 6.61 Å². The second kappa shape index (κ2) is 29.0. The number of nitrogens with zero attached hydrogens (tertiary/aromatic N) is 1. The average molecular weight is 967 g/mol. The van der Waals surface area contributed by atoms with Crippen molar-refractivity contribution in [3.05, 3.63) is 53.1 Å². The molecule has 2 aromatic carbocycles. The first-order valence-corrected chi connectivity index (χ1v) is 24.9. The van der Waals surface area contributed by atoms with Gasteiger partial charge in [-0.3, -0.25) is 19.5 Å². The van der Waals surface area contributed by atoms with Gasteiger partial charge in [0.25, 0.3) is 0 Å². The molecule has 0 bridgehead atoms. The van der Waals surface area contributed by atoms with Crippen LogP contribution >= 0.6 is 11.8 Å². The number of fused-ring (bicyclic) bond motifs is 4. The summed E-state index contributed by atoms with van der Waals surface area (Å²) in [6.07, 6.45) is 5.64. The second-order valence-corrected chi connectivity index (χ2v) is 18.1. The number of nitrogens with one attached hydrogen (secondary N) is 7. The average Bonchev–Trinajstić information content (AvgIpc) is 4.10. The number of aryl methyl sites for hydroxylation is 1. The number of thioether (sulfide) groups is 1. The van der Waals surface area contributed by atoms with Crippen molar-refractivity contribution in [2.75, 3.05) is 110 Å². The Balaban J connectivity index is 0.655. The van der Waals surface area contributed by atoms with Crippen molar-refractivity contribution in [1.29, 1.82) is 0 Å². The van der Waals surface area contributed by atoms with E-state index in [1.54, 1.807) is 7.11 Å². The third-order valence-corrected chi connectivity index (χ3v) is 13.1. The van der Waals surface area contributed by atoms with E-state index in [1.165, 1.54) is 5.56 Å². The predicted octanol–water partition coefficient (Wildman–Crippen LogP) is 4.14. The van der Waals surface area contributed by atoms with E-state index in [4.69, 9.17) is 33.2 Å². The lowest BCUT2D eigenvalue weighted by molar-refractivity contribution is -0.126. The number of H-pyrrole nitrogens is 1. The van der Waals surface area contributed by atoms with Gasteiger partial charge in [0.05, 0.1) is 77.7 Å². The Kier molecular flexibility index (Phi) is 22.3. The summed E-state index contributed by atoms with van der Waals surface area (Å²) in [7, 11) is 1.62. The summed E-state index contributed by atoms with van der Waals surface area (Å²) in [5.74, 6) is 2.71. The molecule has 2 fully saturated rings. The van der Waals surface area contributed by atoms with E-state index in [1.807, 2.05) is 36.0 Å². The Morgan fingerprint density at radius 2 is 1.37 bits per heavy atom. The number of methoxy groups -OCH3 is 1. The third kappa shape index (κ3) is 17.4. The minimum Gasteiger partial charge on any atom is -0.493 e. The lowest BCUT2D eigenvalue weighted by Crippen LogP contribution is -2.36. The molecule has 6 rings (SSSR count). The summed E-state index contributed by atoms with van der Waals surface area (Å²) in [4.78, 5) is 47.9. The van der Waals surface area contributed by atoms with Crippen LogP contribution in [0, 0.1) is 6.92 Å². The second-order valence-electron chi connectivity index (χ2n) is 16.8. The van der Waals surface area contributed by atoms with Crippen LogP contribution in [-0.4, -0.2) is 156 Å². The Labute approximate surface area is 403 Å². The summed E-state index contributed by atoms with van der Waals surface area (Å²) >= 11 is 1.90. The molecule has 68 heavy (non-hydrogen) atoms. The van der Waals surface area contributed by atoms with E-state index >= 15 is 0 Å². The standard InChI is InChI=1S/C48H70N8O11S/c1-33-8-5-9-35(28-33)52-47-37-29-34-30-40(39(61-2)31-36(34)45(37)55-56-47)67-27-26-66-25-22-64-19-16-51-44(59)13-12-43(58)50-15-7-18-63-21-24-65-23-20-62-17-6-14-49-42(57)11-4-3-10-41-46-38(32-68-41)53-48(60)54-46/h5,8-9,28,30-31,38,41,46H,3-4,6-7,10-27,29,32H2,1-2H3,(H,49,57)(H,50,58)(H,51,59)(H2,52,55,56)(H2,53,54,60)/t38-,41-,46-/m0/s1. The van der Waals surface area contributed by atoms with Gasteiger partial charge >= 0.3 is 6.03 Å². The highest BCUT2D eigenvalue weighted by Gasteiger charge is 2.42. The highest BCUT2D eigenvalue weighted by atomic mass is 32.2. The number of hydrogen-bond donors (Lipinski definition) is 7. The first-order chi connectivity index (χ1) is 33.3. The zero-order valence-electron chi connectivity index (χ0n) is 39.5. The Bertz CT molecular complexity index is 2060. The molecule has 374 valence electrons. The number of aromatic amines is 1. The van der Waals surface area contributed by atoms with Gasteiger partial charge in [-0.2, -0.15) is 16.9 Å². The van der Waals surface area contributed by atoms with Crippen molar-refractivity contribution >= 4 is 47.0 Å². The van der Waals surface area contributed by atoms with Crippen LogP contribution in [0.25, 0.3) is 11.3 Å². The SMILES string of the molecule is COc1cc2c(cc1OCCOCCOCCNC(=O)CCC(=O)NCCCOCCOCCOCCCNC(=O)CCCC[C@@H]1SC[C@@H]3NC(=O)N[C@@H]31)Cc1c(Nc3cccc(C)c3)n[nH]c1-2. The highest BCUT2D eigenvalue weighted by molar-refractivity contribution is 8.00. The van der Waals surface area contributed by atoms with Crippen LogP contribution in [0.2, 0.25) is 0 Å². The van der Waals surface area contributed by atoms with Crippen LogP contribution in [0.3, 0.4) is 0 Å². The maximum absolute atomic E-state index is 12.2. The van der Waals surface area contributed by atoms with Gasteiger partial charge in [-0.15, -0.1) is 0 Å². The quantitative estimate of drug-likeness (QED) is 0.0254. The number of ether oxygens (including phenoxy) is 7. The van der Waals surface area contributed by atoms with E-state index < -0.39 is 0 Å². The highest BCUT2D eigenvalue weighted by Crippen LogP contribution is 2.44. The molecule has 3 heterocycles. The number of unbranched alkanes of at least 4 members (excludes halogenated alkanes) is 1. The fourth-order valence-electron chi connectivity index (χ4n) is 8.07. The lowest BCUT2D eigenvalue weighted by Gasteiger charge is -2.16. The van der Waals surface area contributed by atoms with Crippen LogP contribution in [0.1, 0.15) is 68.1 Å². The van der Waals surface area contributed by atoms with E-state index in [2.05, 4.69) is 61.2 Å². The van der Waals surface area contributed by atoms with E-state index in [-0.39, 0.29) is 48.7 Å². The van der Waals surface area contributed by atoms with Crippen molar-refractivity contribution in [3.63, 3.8) is 0 Å². The maximum atomic E-state index is 12.2. The molecule has 2 aliphatic heterocycles. The normalized spacial score (nSPS) is 16.6. The van der Waals surface area contributed by atoms with Gasteiger partial charge in [-0.25, -0.2) is 4.79 Å². The van der Waals surface area contributed by atoms with Crippen LogP contribution in [0.15, 0.2) is 36.4 Å². The fourth-order valence-corrected chi connectivity index (χ4v) is 9.62. The molecule has 2 saturated heterocycles. The number of urea groups is 1. The first-order valence-electron chi connectivity index (χ1n) is 23.9. The van der Waals surface area contributed by atoms with Crippen molar-refractivity contribution in [1.82, 2.24) is 36.8 Å². The number of anilines is 2. The zero-order valence-corrected chi connectivity index (χ0v) is 40.3. The van der Waals surface area contributed by atoms with Crippen LogP contribution in [0.4, 0.5) is 16.3 Å². The summed E-state index contributed by atoms with van der Waals surface area (Å²) in [5, 5.41) is 26.1. The van der Waals surface area contributed by atoms with Crippen molar-refractivity contribution in [2.24, 2.45) is 0 Å². The summed E-state index contributed by atoms with van der Waals surface area (Å²) in [6.45, 7) is 8.07.